The van der Waals surface area contributed by atoms with E-state index in [2.05, 4.69) is 20.4 Å². The molecule has 0 bridgehead atoms. The molecule has 0 saturated heterocycles. The Kier molecular flexibility index (Phi) is 15.6. The molecule has 5 rings (SSSR count). The lowest BCUT2D eigenvalue weighted by Crippen LogP contribution is -2.52. The number of ether oxygens (including phenoxy) is 4. The van der Waals surface area contributed by atoms with Crippen molar-refractivity contribution in [1.29, 1.82) is 0 Å². The van der Waals surface area contributed by atoms with Crippen LogP contribution in [0, 0.1) is 5.92 Å². The predicted octanol–water partition coefficient (Wildman–Crippen LogP) is 3.79. The highest BCUT2D eigenvalue weighted by Gasteiger charge is 2.28. The average Bonchev–Trinajstić information content (AvgIpc) is 3.62. The van der Waals surface area contributed by atoms with Crippen molar-refractivity contribution in [1.82, 2.24) is 25.1 Å². The summed E-state index contributed by atoms with van der Waals surface area (Å²) in [5.41, 5.74) is 9.12. The Hall–Kier alpha value is -5.48. The van der Waals surface area contributed by atoms with Crippen molar-refractivity contribution in [3.63, 3.8) is 0 Å². The number of nitrogens with two attached hydrogens (primary N) is 1. The van der Waals surface area contributed by atoms with E-state index in [1.807, 2.05) is 56.3 Å². The van der Waals surface area contributed by atoms with Gasteiger partial charge in [0.25, 0.3) is 11.5 Å². The molecule has 0 radical (unpaired) electrons. The van der Waals surface area contributed by atoms with Gasteiger partial charge in [0.1, 0.15) is 42.0 Å². The largest absolute Gasteiger partial charge is 0.490 e. The summed E-state index contributed by atoms with van der Waals surface area (Å²) in [6, 6.07) is 19.8. The number of aryl methyl sites for hydroxylation is 1. The number of benzene rings is 2. The molecule has 0 fully saturated rings. The third-order valence-corrected chi connectivity index (χ3v) is 8.70. The number of nitrogens with one attached hydrogen (secondary N) is 1. The van der Waals surface area contributed by atoms with Gasteiger partial charge >= 0.3 is 0 Å². The first-order valence-corrected chi connectivity index (χ1v) is 18.7. The summed E-state index contributed by atoms with van der Waals surface area (Å²) in [6.07, 6.45) is 1.71. The van der Waals surface area contributed by atoms with Gasteiger partial charge in [0.05, 0.1) is 37.8 Å². The third kappa shape index (κ3) is 12.8. The summed E-state index contributed by atoms with van der Waals surface area (Å²) in [5.74, 6) is 0.908. The van der Waals surface area contributed by atoms with Crippen LogP contribution in [0.25, 0.3) is 22.7 Å². The average molecular weight is 771 g/mol. The van der Waals surface area contributed by atoms with Crippen LogP contribution < -0.4 is 26.1 Å². The molecule has 56 heavy (non-hydrogen) atoms. The number of carbonyl (C=O) groups is 2. The second-order valence-corrected chi connectivity index (χ2v) is 13.7. The van der Waals surface area contributed by atoms with Gasteiger partial charge in [0, 0.05) is 38.2 Å². The molecule has 0 spiro atoms. The van der Waals surface area contributed by atoms with Gasteiger partial charge in [0.15, 0.2) is 11.4 Å². The molecule has 0 aliphatic heterocycles. The normalized spacial score (nSPS) is 13.0. The number of fused-ring (bicyclic) bond motifs is 1. The van der Waals surface area contributed by atoms with Crippen molar-refractivity contribution in [2.75, 3.05) is 33.0 Å². The van der Waals surface area contributed by atoms with Gasteiger partial charge in [-0.05, 0) is 61.1 Å². The highest BCUT2D eigenvalue weighted by molar-refractivity contribution is 5.90. The number of nitrogens with zero attached hydrogens (tertiary/aromatic N) is 4. The van der Waals surface area contributed by atoms with Gasteiger partial charge in [0.2, 0.25) is 5.89 Å². The molecule has 3 atom stereocenters. The van der Waals surface area contributed by atoms with Crippen LogP contribution in [0.1, 0.15) is 44.4 Å². The predicted molar refractivity (Wildman–Crippen MR) is 208 cm³/mol. The summed E-state index contributed by atoms with van der Waals surface area (Å²) in [4.78, 5) is 46.3. The maximum atomic E-state index is 13.0. The number of ketones is 1. The van der Waals surface area contributed by atoms with Crippen molar-refractivity contribution in [2.45, 2.75) is 64.3 Å². The van der Waals surface area contributed by atoms with Crippen LogP contribution in [0.5, 0.6) is 11.5 Å². The lowest BCUT2D eigenvalue weighted by molar-refractivity contribution is -0.134. The lowest BCUT2D eigenvalue weighted by atomic mass is 9.96. The number of rotatable bonds is 23. The van der Waals surface area contributed by atoms with Crippen LogP contribution in [0.15, 0.2) is 88.2 Å². The SMILES string of the molecule is CC(C)C[C@H](NC(=O)[C@@H](O)[C@H](N)Cc1ccccc1)C(=O)CCCOCCOCCOc1ccc(COc2ccc3oc(-c4ccc(=O)n(C)n4)nc3c2)nc1. The minimum atomic E-state index is -1.43. The molecular formula is C41H50N6O9. The number of hydrogen-bond donors (Lipinski definition) is 3. The van der Waals surface area contributed by atoms with Gasteiger partial charge in [-0.1, -0.05) is 44.2 Å². The number of amides is 1. The topological polar surface area (TPSA) is 203 Å². The summed E-state index contributed by atoms with van der Waals surface area (Å²) in [7, 11) is 1.56. The highest BCUT2D eigenvalue weighted by Crippen LogP contribution is 2.26. The number of hydrogen-bond acceptors (Lipinski definition) is 13. The van der Waals surface area contributed by atoms with Crippen LogP contribution in [-0.4, -0.2) is 87.8 Å². The Morgan fingerprint density at radius 3 is 2.41 bits per heavy atom. The minimum absolute atomic E-state index is 0.110. The van der Waals surface area contributed by atoms with Crippen molar-refractivity contribution in [3.05, 3.63) is 101 Å². The van der Waals surface area contributed by atoms with Crippen LogP contribution in [0.3, 0.4) is 0 Å². The number of carbonyl (C=O) groups excluding carboxylic acids is 2. The zero-order chi connectivity index (χ0) is 39.9. The number of aliphatic hydroxyl groups is 1. The number of oxazole rings is 1. The van der Waals surface area contributed by atoms with E-state index in [0.717, 1.165) is 5.56 Å². The molecule has 15 heteroatoms. The Morgan fingerprint density at radius 1 is 0.929 bits per heavy atom. The zero-order valence-corrected chi connectivity index (χ0v) is 32.0. The van der Waals surface area contributed by atoms with E-state index in [1.165, 1.54) is 10.7 Å². The maximum absolute atomic E-state index is 13.0. The molecule has 0 aliphatic rings. The fourth-order valence-corrected chi connectivity index (χ4v) is 5.72. The van der Waals surface area contributed by atoms with Crippen LogP contribution in [0.4, 0.5) is 0 Å². The Labute approximate surface area is 325 Å². The molecule has 2 aromatic carbocycles. The van der Waals surface area contributed by atoms with Crippen molar-refractivity contribution in [3.8, 4) is 23.1 Å². The smallest absolute Gasteiger partial charge is 0.266 e. The fourth-order valence-electron chi connectivity index (χ4n) is 5.72. The zero-order valence-electron chi connectivity index (χ0n) is 32.0. The minimum Gasteiger partial charge on any atom is -0.490 e. The summed E-state index contributed by atoms with van der Waals surface area (Å²) < 4.78 is 29.9. The first kappa shape index (κ1) is 41.7. The van der Waals surface area contributed by atoms with E-state index in [9.17, 15) is 19.5 Å². The van der Waals surface area contributed by atoms with E-state index >= 15 is 0 Å². The first-order chi connectivity index (χ1) is 27.0. The van der Waals surface area contributed by atoms with Crippen LogP contribution in [-0.2, 0) is 39.1 Å². The van der Waals surface area contributed by atoms with E-state index in [4.69, 9.17) is 29.1 Å². The summed E-state index contributed by atoms with van der Waals surface area (Å²) >= 11 is 0. The number of pyridine rings is 1. The van der Waals surface area contributed by atoms with Crippen molar-refractivity contribution >= 4 is 22.8 Å². The monoisotopic (exact) mass is 770 g/mol. The van der Waals surface area contributed by atoms with E-state index in [-0.39, 0.29) is 30.3 Å². The van der Waals surface area contributed by atoms with Gasteiger partial charge in [-0.25, -0.2) is 9.67 Å². The fraction of sp³-hybridized carbons (Fsp3) is 0.415. The molecule has 0 aliphatic carbocycles. The molecule has 4 N–H and O–H groups in total. The number of Topliss-reactive ketones (excluding diaryl/α,β-unsaturated/α-hetero) is 1. The number of aromatic nitrogens is 4. The van der Waals surface area contributed by atoms with Gasteiger partial charge in [-0.15, -0.1) is 0 Å². The second kappa shape index (κ2) is 21.0. The molecule has 3 aromatic heterocycles. The molecule has 15 nitrogen and oxygen atoms in total. The van der Waals surface area contributed by atoms with E-state index in [1.54, 1.807) is 37.5 Å². The third-order valence-electron chi connectivity index (χ3n) is 8.70. The first-order valence-electron chi connectivity index (χ1n) is 18.7. The van der Waals surface area contributed by atoms with Crippen molar-refractivity contribution in [2.24, 2.45) is 18.7 Å². The highest BCUT2D eigenvalue weighted by atomic mass is 16.5. The summed E-state index contributed by atoms with van der Waals surface area (Å²) in [5, 5.41) is 17.4. The van der Waals surface area contributed by atoms with Crippen LogP contribution in [0.2, 0.25) is 0 Å². The molecule has 3 heterocycles. The van der Waals surface area contributed by atoms with Gasteiger partial charge < -0.3 is 39.5 Å². The lowest BCUT2D eigenvalue weighted by Gasteiger charge is -2.24. The maximum Gasteiger partial charge on any atom is 0.266 e. The number of aliphatic hydroxyl groups excluding tert-OH is 1. The molecule has 5 aromatic rings. The molecule has 298 valence electrons. The second-order valence-electron chi connectivity index (χ2n) is 13.7. The molecular weight excluding hydrogens is 720 g/mol. The van der Waals surface area contributed by atoms with E-state index in [0.29, 0.717) is 92.2 Å². The molecule has 1 amide bonds. The van der Waals surface area contributed by atoms with Gasteiger partial charge in [-0.2, -0.15) is 5.10 Å². The standard InChI is InChI=1S/C41H50N6O9/c1-27(2)22-34(44-40(51)39(50)32(42)23-28-8-5-4-6-9-28)36(48)10-7-17-52-18-19-53-20-21-54-31-12-11-29(43-25-31)26-55-30-13-15-37-35(24-30)45-41(56-37)33-14-16-38(49)47(3)46-33/h4-6,8-9,11-16,24-25,27,32,34,39,50H,7,10,17-23,26,42H2,1-3H3,(H,44,51)/t32-,34+,39+/m1/s1. The summed E-state index contributed by atoms with van der Waals surface area (Å²) in [6.45, 7) is 5.96. The van der Waals surface area contributed by atoms with E-state index < -0.39 is 24.1 Å². The Bertz CT molecular complexity index is 2050. The molecule has 0 unspecified atom stereocenters. The Morgan fingerprint density at radius 2 is 1.68 bits per heavy atom. The molecule has 0 saturated carbocycles. The van der Waals surface area contributed by atoms with Crippen molar-refractivity contribution < 1.29 is 38.1 Å². The quantitative estimate of drug-likeness (QED) is 0.0811. The Balaban J connectivity index is 0.922. The van der Waals surface area contributed by atoms with Gasteiger partial charge in [-0.3, -0.25) is 19.4 Å². The van der Waals surface area contributed by atoms with Crippen LogP contribution >= 0.6 is 0 Å².